The van der Waals surface area contributed by atoms with E-state index in [9.17, 15) is 4.79 Å². The van der Waals surface area contributed by atoms with Crippen LogP contribution in [0.3, 0.4) is 0 Å². The van der Waals surface area contributed by atoms with Crippen LogP contribution in [-0.4, -0.2) is 24.2 Å². The summed E-state index contributed by atoms with van der Waals surface area (Å²) in [7, 11) is 0. The Morgan fingerprint density at radius 3 is 2.17 bits per heavy atom. The zero-order chi connectivity index (χ0) is 16.8. The van der Waals surface area contributed by atoms with E-state index in [0.29, 0.717) is 24.7 Å². The Labute approximate surface area is 141 Å². The lowest BCUT2D eigenvalue weighted by Gasteiger charge is -2.04. The Morgan fingerprint density at radius 1 is 0.957 bits per heavy atom. The van der Waals surface area contributed by atoms with Crippen molar-refractivity contribution in [1.82, 2.24) is 4.98 Å². The summed E-state index contributed by atoms with van der Waals surface area (Å²) >= 11 is 0. The molecule has 1 N–H and O–H groups in total. The maximum Gasteiger partial charge on any atom is 0.354 e. The van der Waals surface area contributed by atoms with E-state index in [0.717, 1.165) is 6.42 Å². The van der Waals surface area contributed by atoms with E-state index in [1.54, 1.807) is 19.2 Å². The van der Waals surface area contributed by atoms with Crippen molar-refractivity contribution in [1.29, 1.82) is 0 Å². The predicted molar refractivity (Wildman–Crippen MR) is 94.1 cm³/mol. The number of hydrogen-bond acceptors (Lipinski definition) is 3. The first-order valence-corrected chi connectivity index (χ1v) is 9.26. The van der Waals surface area contributed by atoms with Crippen molar-refractivity contribution in [2.24, 2.45) is 0 Å². The van der Waals surface area contributed by atoms with Gasteiger partial charge in [0.05, 0.1) is 13.2 Å². The van der Waals surface area contributed by atoms with Crippen molar-refractivity contribution in [3.05, 3.63) is 18.0 Å². The molecule has 0 atom stereocenters. The molecular formula is C19H33NO3. The third-order valence-corrected chi connectivity index (χ3v) is 3.92. The Morgan fingerprint density at radius 2 is 1.57 bits per heavy atom. The summed E-state index contributed by atoms with van der Waals surface area (Å²) in [5, 5.41) is 0. The van der Waals surface area contributed by atoms with Crippen molar-refractivity contribution in [3.8, 4) is 5.75 Å². The lowest BCUT2D eigenvalue weighted by Crippen LogP contribution is -2.04. The van der Waals surface area contributed by atoms with E-state index >= 15 is 0 Å². The van der Waals surface area contributed by atoms with Gasteiger partial charge in [-0.05, 0) is 13.3 Å². The van der Waals surface area contributed by atoms with E-state index in [1.165, 1.54) is 57.8 Å². The van der Waals surface area contributed by atoms with Gasteiger partial charge in [0.15, 0.2) is 0 Å². The second-order valence-corrected chi connectivity index (χ2v) is 6.00. The second kappa shape index (κ2) is 13.0. The van der Waals surface area contributed by atoms with Crippen LogP contribution < -0.4 is 4.74 Å². The number of esters is 1. The van der Waals surface area contributed by atoms with Crippen LogP contribution in [0.15, 0.2) is 12.3 Å². The monoisotopic (exact) mass is 323 g/mol. The zero-order valence-electron chi connectivity index (χ0n) is 14.9. The van der Waals surface area contributed by atoms with Gasteiger partial charge < -0.3 is 14.5 Å². The smallest absolute Gasteiger partial charge is 0.354 e. The zero-order valence-corrected chi connectivity index (χ0v) is 14.9. The lowest BCUT2D eigenvalue weighted by atomic mass is 10.1. The number of hydrogen-bond donors (Lipinski definition) is 1. The minimum atomic E-state index is -0.332. The van der Waals surface area contributed by atoms with Gasteiger partial charge in [-0.15, -0.1) is 0 Å². The Hall–Kier alpha value is -1.45. The first-order valence-electron chi connectivity index (χ1n) is 9.26. The number of unbranched alkanes of at least 4 members (excludes halogenated alkanes) is 9. The van der Waals surface area contributed by atoms with Crippen molar-refractivity contribution < 1.29 is 14.3 Å². The maximum absolute atomic E-state index is 11.5. The molecule has 0 saturated heterocycles. The Kier molecular flexibility index (Phi) is 11.1. The molecule has 0 spiro atoms. The van der Waals surface area contributed by atoms with Crippen molar-refractivity contribution >= 4 is 5.97 Å². The van der Waals surface area contributed by atoms with Crippen molar-refractivity contribution in [2.75, 3.05) is 13.2 Å². The molecule has 0 unspecified atom stereocenters. The standard InChI is InChI=1S/C19H33NO3/c1-3-5-6-7-8-9-10-11-12-13-14-23-17-15-18(20-16-17)19(21)22-4-2/h15-16,20H,3-14H2,1-2H3. The fourth-order valence-corrected chi connectivity index (χ4v) is 2.56. The molecule has 4 heteroatoms. The topological polar surface area (TPSA) is 51.3 Å². The van der Waals surface area contributed by atoms with Gasteiger partial charge >= 0.3 is 5.97 Å². The summed E-state index contributed by atoms with van der Waals surface area (Å²) in [6, 6.07) is 1.70. The van der Waals surface area contributed by atoms with Crippen LogP contribution >= 0.6 is 0 Å². The molecule has 0 aliphatic rings. The molecule has 23 heavy (non-hydrogen) atoms. The average Bonchev–Trinajstić information content (AvgIpc) is 3.02. The third-order valence-electron chi connectivity index (χ3n) is 3.92. The van der Waals surface area contributed by atoms with E-state index in [2.05, 4.69) is 11.9 Å². The van der Waals surface area contributed by atoms with E-state index in [1.807, 2.05) is 0 Å². The van der Waals surface area contributed by atoms with Gasteiger partial charge in [0.1, 0.15) is 11.4 Å². The molecule has 1 aromatic heterocycles. The van der Waals surface area contributed by atoms with Crippen LogP contribution in [0.1, 0.15) is 88.5 Å². The minimum absolute atomic E-state index is 0.332. The van der Waals surface area contributed by atoms with E-state index in [4.69, 9.17) is 9.47 Å². The molecule has 1 heterocycles. The number of aromatic amines is 1. The van der Waals surface area contributed by atoms with Crippen LogP contribution in [0.5, 0.6) is 5.75 Å². The van der Waals surface area contributed by atoms with Gasteiger partial charge in [-0.2, -0.15) is 0 Å². The fourth-order valence-electron chi connectivity index (χ4n) is 2.56. The maximum atomic E-state index is 11.5. The average molecular weight is 323 g/mol. The number of nitrogens with one attached hydrogen (secondary N) is 1. The van der Waals surface area contributed by atoms with Crippen LogP contribution in [0.4, 0.5) is 0 Å². The number of aromatic nitrogens is 1. The summed E-state index contributed by atoms with van der Waals surface area (Å²) in [4.78, 5) is 14.4. The first kappa shape index (κ1) is 19.6. The molecular weight excluding hydrogens is 290 g/mol. The van der Waals surface area contributed by atoms with Gasteiger partial charge in [0.25, 0.3) is 0 Å². The summed E-state index contributed by atoms with van der Waals surface area (Å²) < 4.78 is 10.6. The third kappa shape index (κ3) is 9.32. The van der Waals surface area contributed by atoms with Crippen LogP contribution in [-0.2, 0) is 4.74 Å². The van der Waals surface area contributed by atoms with E-state index in [-0.39, 0.29) is 5.97 Å². The second-order valence-electron chi connectivity index (χ2n) is 6.00. The molecule has 0 aliphatic heterocycles. The molecule has 0 aliphatic carbocycles. The number of H-pyrrole nitrogens is 1. The SMILES string of the molecule is CCCCCCCCCCCCOc1c[nH]c(C(=O)OCC)c1. The largest absolute Gasteiger partial charge is 0.492 e. The molecule has 0 bridgehead atoms. The van der Waals surface area contributed by atoms with Gasteiger partial charge in [-0.25, -0.2) is 4.79 Å². The molecule has 0 fully saturated rings. The molecule has 1 rings (SSSR count). The number of rotatable bonds is 14. The summed E-state index contributed by atoms with van der Waals surface area (Å²) in [5.41, 5.74) is 0.449. The lowest BCUT2D eigenvalue weighted by molar-refractivity contribution is 0.0520. The van der Waals surface area contributed by atoms with Gasteiger partial charge in [0, 0.05) is 12.3 Å². The Bertz CT molecular complexity index is 415. The first-order chi connectivity index (χ1) is 11.3. The highest BCUT2D eigenvalue weighted by Crippen LogP contribution is 2.15. The molecule has 132 valence electrons. The van der Waals surface area contributed by atoms with Crippen molar-refractivity contribution in [2.45, 2.75) is 78.1 Å². The van der Waals surface area contributed by atoms with Gasteiger partial charge in [-0.3, -0.25) is 0 Å². The van der Waals surface area contributed by atoms with Crippen LogP contribution in [0.25, 0.3) is 0 Å². The fraction of sp³-hybridized carbons (Fsp3) is 0.737. The van der Waals surface area contributed by atoms with Crippen molar-refractivity contribution in [3.63, 3.8) is 0 Å². The van der Waals surface area contributed by atoms with Crippen LogP contribution in [0, 0.1) is 0 Å². The summed E-state index contributed by atoms with van der Waals surface area (Å²) in [5.74, 6) is 0.380. The molecule has 0 amide bonds. The highest BCUT2D eigenvalue weighted by Gasteiger charge is 2.09. The molecule has 0 radical (unpaired) electrons. The quantitative estimate of drug-likeness (QED) is 0.364. The Balaban J connectivity index is 1.96. The highest BCUT2D eigenvalue weighted by atomic mass is 16.5. The molecule has 0 saturated carbocycles. The number of carbonyl (C=O) groups is 1. The molecule has 4 nitrogen and oxygen atoms in total. The van der Waals surface area contributed by atoms with E-state index < -0.39 is 0 Å². The minimum Gasteiger partial charge on any atom is -0.492 e. The highest BCUT2D eigenvalue weighted by molar-refractivity contribution is 5.87. The number of carbonyl (C=O) groups excluding carboxylic acids is 1. The predicted octanol–water partition coefficient (Wildman–Crippen LogP) is 5.49. The van der Waals surface area contributed by atoms with Crippen LogP contribution in [0.2, 0.25) is 0 Å². The molecule has 1 aromatic rings. The molecule has 0 aromatic carbocycles. The number of ether oxygens (including phenoxy) is 2. The summed E-state index contributed by atoms with van der Waals surface area (Å²) in [6.45, 7) is 5.14. The van der Waals surface area contributed by atoms with Gasteiger partial charge in [-0.1, -0.05) is 64.7 Å². The normalized spacial score (nSPS) is 10.7. The summed E-state index contributed by atoms with van der Waals surface area (Å²) in [6.07, 6.45) is 14.9. The van der Waals surface area contributed by atoms with Gasteiger partial charge in [0.2, 0.25) is 0 Å².